The minimum absolute atomic E-state index is 0.0678. The first kappa shape index (κ1) is 10.4. The molecule has 0 spiro atoms. The third-order valence-electron chi connectivity index (χ3n) is 1.85. The molecule has 0 bridgehead atoms. The van der Waals surface area contributed by atoms with Crippen molar-refractivity contribution in [2.45, 2.75) is 6.92 Å². The lowest BCUT2D eigenvalue weighted by atomic mass is 10.1. The van der Waals surface area contributed by atoms with Crippen LogP contribution < -0.4 is 0 Å². The molecular formula is C10H11NO3. The monoisotopic (exact) mass is 193 g/mol. The molecule has 0 unspecified atom stereocenters. The SMILES string of the molecule is Cc1ccc(/C=C/CO)cc1[N+](=O)[O-]. The van der Waals surface area contributed by atoms with Gasteiger partial charge in [-0.2, -0.15) is 0 Å². The second-order valence-electron chi connectivity index (χ2n) is 2.89. The van der Waals surface area contributed by atoms with Crippen molar-refractivity contribution in [1.82, 2.24) is 0 Å². The smallest absolute Gasteiger partial charge is 0.272 e. The van der Waals surface area contributed by atoms with E-state index >= 15 is 0 Å². The Bertz CT molecular complexity index is 372. The molecule has 1 N–H and O–H groups in total. The molecule has 0 aliphatic rings. The van der Waals surface area contributed by atoms with E-state index in [4.69, 9.17) is 5.11 Å². The van der Waals surface area contributed by atoms with Gasteiger partial charge in [0.15, 0.2) is 0 Å². The van der Waals surface area contributed by atoms with E-state index in [0.717, 1.165) is 5.56 Å². The molecule has 0 saturated carbocycles. The van der Waals surface area contributed by atoms with Crippen molar-refractivity contribution in [3.63, 3.8) is 0 Å². The van der Waals surface area contributed by atoms with Gasteiger partial charge in [-0.3, -0.25) is 10.1 Å². The maximum atomic E-state index is 10.6. The molecular weight excluding hydrogens is 182 g/mol. The van der Waals surface area contributed by atoms with E-state index in [0.29, 0.717) is 5.56 Å². The lowest BCUT2D eigenvalue weighted by Crippen LogP contribution is -1.91. The van der Waals surface area contributed by atoms with Gasteiger partial charge in [-0.25, -0.2) is 0 Å². The second-order valence-corrected chi connectivity index (χ2v) is 2.89. The first-order chi connectivity index (χ1) is 6.65. The van der Waals surface area contributed by atoms with E-state index < -0.39 is 4.92 Å². The Kier molecular flexibility index (Phi) is 3.36. The second kappa shape index (κ2) is 4.53. The van der Waals surface area contributed by atoms with Gasteiger partial charge in [-0.1, -0.05) is 24.3 Å². The molecule has 74 valence electrons. The number of benzene rings is 1. The third kappa shape index (κ3) is 2.40. The maximum absolute atomic E-state index is 10.6. The summed E-state index contributed by atoms with van der Waals surface area (Å²) in [5.74, 6) is 0. The van der Waals surface area contributed by atoms with Crippen molar-refractivity contribution >= 4 is 11.8 Å². The molecule has 0 aliphatic heterocycles. The summed E-state index contributed by atoms with van der Waals surface area (Å²) in [6, 6.07) is 4.95. The largest absolute Gasteiger partial charge is 0.392 e. The van der Waals surface area contributed by atoms with Gasteiger partial charge < -0.3 is 5.11 Å². The molecule has 0 aliphatic carbocycles. The van der Waals surface area contributed by atoms with Crippen molar-refractivity contribution < 1.29 is 10.0 Å². The summed E-state index contributed by atoms with van der Waals surface area (Å²) in [6.45, 7) is 1.62. The average Bonchev–Trinajstić information content (AvgIpc) is 2.16. The fraction of sp³-hybridized carbons (Fsp3) is 0.200. The Morgan fingerprint density at radius 3 is 2.86 bits per heavy atom. The molecule has 0 amide bonds. The Morgan fingerprint density at radius 1 is 1.57 bits per heavy atom. The van der Waals surface area contributed by atoms with Crippen molar-refractivity contribution in [1.29, 1.82) is 0 Å². The Hall–Kier alpha value is -1.68. The van der Waals surface area contributed by atoms with Gasteiger partial charge in [0, 0.05) is 11.6 Å². The number of rotatable bonds is 3. The first-order valence-corrected chi connectivity index (χ1v) is 4.17. The van der Waals surface area contributed by atoms with Gasteiger partial charge in [0.2, 0.25) is 0 Å². The van der Waals surface area contributed by atoms with E-state index in [1.807, 2.05) is 0 Å². The molecule has 4 heteroatoms. The van der Waals surface area contributed by atoms with Gasteiger partial charge in [0.25, 0.3) is 5.69 Å². The topological polar surface area (TPSA) is 63.4 Å². The van der Waals surface area contributed by atoms with E-state index in [-0.39, 0.29) is 12.3 Å². The Balaban J connectivity index is 3.06. The van der Waals surface area contributed by atoms with Crippen LogP contribution in [0.1, 0.15) is 11.1 Å². The quantitative estimate of drug-likeness (QED) is 0.589. The molecule has 4 nitrogen and oxygen atoms in total. The molecule has 14 heavy (non-hydrogen) atoms. The highest BCUT2D eigenvalue weighted by Gasteiger charge is 2.09. The number of hydrogen-bond acceptors (Lipinski definition) is 3. The average molecular weight is 193 g/mol. The standard InChI is InChI=1S/C10H11NO3/c1-8-4-5-9(3-2-6-12)7-10(8)11(13)14/h2-5,7,12H,6H2,1H3/b3-2+. The van der Waals surface area contributed by atoms with E-state index in [9.17, 15) is 10.1 Å². The molecule has 0 radical (unpaired) electrons. The van der Waals surface area contributed by atoms with Crippen LogP contribution in [0.4, 0.5) is 5.69 Å². The zero-order valence-electron chi connectivity index (χ0n) is 7.80. The van der Waals surface area contributed by atoms with Gasteiger partial charge in [-0.05, 0) is 12.5 Å². The number of nitro groups is 1. The van der Waals surface area contributed by atoms with E-state index in [1.54, 1.807) is 25.1 Å². The summed E-state index contributed by atoms with van der Waals surface area (Å²) >= 11 is 0. The van der Waals surface area contributed by atoms with Crippen LogP contribution >= 0.6 is 0 Å². The first-order valence-electron chi connectivity index (χ1n) is 4.17. The van der Waals surface area contributed by atoms with Crippen LogP contribution in [0.5, 0.6) is 0 Å². The summed E-state index contributed by atoms with van der Waals surface area (Å²) in [4.78, 5) is 10.2. The van der Waals surface area contributed by atoms with E-state index in [1.165, 1.54) is 12.1 Å². The minimum Gasteiger partial charge on any atom is -0.392 e. The van der Waals surface area contributed by atoms with Gasteiger partial charge in [0.05, 0.1) is 11.5 Å². The van der Waals surface area contributed by atoms with Gasteiger partial charge >= 0.3 is 0 Å². The highest BCUT2D eigenvalue weighted by atomic mass is 16.6. The maximum Gasteiger partial charge on any atom is 0.272 e. The van der Waals surface area contributed by atoms with Crippen LogP contribution in [0.3, 0.4) is 0 Å². The Morgan fingerprint density at radius 2 is 2.29 bits per heavy atom. The van der Waals surface area contributed by atoms with Crippen LogP contribution in [-0.4, -0.2) is 16.6 Å². The summed E-state index contributed by atoms with van der Waals surface area (Å²) in [7, 11) is 0. The molecule has 0 atom stereocenters. The fourth-order valence-electron chi connectivity index (χ4n) is 1.12. The molecule has 0 saturated heterocycles. The lowest BCUT2D eigenvalue weighted by Gasteiger charge is -1.98. The summed E-state index contributed by atoms with van der Waals surface area (Å²) in [5, 5.41) is 19.1. The minimum atomic E-state index is -0.411. The molecule has 1 aromatic carbocycles. The van der Waals surface area contributed by atoms with Gasteiger partial charge in [0.1, 0.15) is 0 Å². The highest BCUT2D eigenvalue weighted by Crippen LogP contribution is 2.19. The summed E-state index contributed by atoms with van der Waals surface area (Å²) in [5.41, 5.74) is 1.46. The Labute approximate surface area is 81.6 Å². The number of nitrogens with zero attached hydrogens (tertiary/aromatic N) is 1. The van der Waals surface area contributed by atoms with Crippen LogP contribution in [-0.2, 0) is 0 Å². The number of aliphatic hydroxyl groups is 1. The predicted molar refractivity (Wildman–Crippen MR) is 54.0 cm³/mol. The molecule has 0 heterocycles. The van der Waals surface area contributed by atoms with Crippen molar-refractivity contribution in [3.8, 4) is 0 Å². The van der Waals surface area contributed by atoms with E-state index in [2.05, 4.69) is 0 Å². The highest BCUT2D eigenvalue weighted by molar-refractivity contribution is 5.55. The normalized spacial score (nSPS) is 10.7. The zero-order valence-corrected chi connectivity index (χ0v) is 7.80. The van der Waals surface area contributed by atoms with Crippen molar-refractivity contribution in [2.24, 2.45) is 0 Å². The zero-order chi connectivity index (χ0) is 10.6. The van der Waals surface area contributed by atoms with Crippen molar-refractivity contribution in [3.05, 3.63) is 45.5 Å². The van der Waals surface area contributed by atoms with Crippen LogP contribution in [0.25, 0.3) is 6.08 Å². The number of nitro benzene ring substituents is 1. The third-order valence-corrected chi connectivity index (χ3v) is 1.85. The number of aliphatic hydroxyl groups excluding tert-OH is 1. The number of hydrogen-bond donors (Lipinski definition) is 1. The van der Waals surface area contributed by atoms with Crippen LogP contribution in [0.2, 0.25) is 0 Å². The predicted octanol–water partition coefficient (Wildman–Crippen LogP) is 1.91. The molecule has 0 fully saturated rings. The van der Waals surface area contributed by atoms with Gasteiger partial charge in [-0.15, -0.1) is 0 Å². The van der Waals surface area contributed by atoms with Crippen molar-refractivity contribution in [2.75, 3.05) is 6.61 Å². The van der Waals surface area contributed by atoms with Crippen LogP contribution in [0, 0.1) is 17.0 Å². The van der Waals surface area contributed by atoms with Crippen LogP contribution in [0.15, 0.2) is 24.3 Å². The number of aryl methyl sites for hydroxylation is 1. The lowest BCUT2D eigenvalue weighted by molar-refractivity contribution is -0.385. The fourth-order valence-corrected chi connectivity index (χ4v) is 1.12. The molecule has 1 aromatic rings. The summed E-state index contributed by atoms with van der Waals surface area (Å²) < 4.78 is 0. The molecule has 1 rings (SSSR count). The molecule has 0 aromatic heterocycles. The summed E-state index contributed by atoms with van der Waals surface area (Å²) in [6.07, 6.45) is 3.18.